The number of rotatable bonds is 4. The van der Waals surface area contributed by atoms with Crippen LogP contribution >= 0.6 is 0 Å². The Kier molecular flexibility index (Phi) is 4.15. The Bertz CT molecular complexity index is 946. The van der Waals surface area contributed by atoms with Gasteiger partial charge in [-0.25, -0.2) is 13.4 Å². The molecule has 0 saturated heterocycles. The monoisotopic (exact) mass is 342 g/mol. The number of hydrogen-bond acceptors (Lipinski definition) is 5. The molecule has 5 nitrogen and oxygen atoms in total. The second-order valence-corrected chi connectivity index (χ2v) is 7.61. The van der Waals surface area contributed by atoms with Crippen LogP contribution in [0.4, 0.5) is 11.6 Å². The molecule has 0 radical (unpaired) electrons. The van der Waals surface area contributed by atoms with E-state index in [1.807, 2.05) is 25.8 Å². The van der Waals surface area contributed by atoms with Crippen molar-refractivity contribution in [3.8, 4) is 0 Å². The van der Waals surface area contributed by atoms with Gasteiger partial charge in [0.2, 0.25) is 15.7 Å². The normalized spacial score (nSPS) is 11.5. The zero-order chi connectivity index (χ0) is 17.3. The fraction of sp³-hybridized carbons (Fsp3) is 0.167. The Balaban J connectivity index is 1.99. The highest BCUT2D eigenvalue weighted by molar-refractivity contribution is 7.91. The number of nitrogens with zero attached hydrogens (tertiary/aromatic N) is 2. The maximum atomic E-state index is 12.8. The molecule has 2 aromatic carbocycles. The number of sulfone groups is 1. The molecule has 0 unspecified atom stereocenters. The molecule has 0 bridgehead atoms. The van der Waals surface area contributed by atoms with Crippen molar-refractivity contribution in [2.45, 2.75) is 23.6 Å². The van der Waals surface area contributed by atoms with Gasteiger partial charge in [-0.05, 0) is 49.7 Å². The van der Waals surface area contributed by atoms with E-state index in [0.717, 1.165) is 16.8 Å². The van der Waals surface area contributed by atoms with Gasteiger partial charge >= 0.3 is 0 Å². The standard InChI is InChI=1S/C18H18N2O3S/c1-13-4-6-15(7-5-13)24(21,22)16-8-9-17(14(2)10-16)20(3)18-11-19-12-23-18/h4-12H,1-3H3. The first kappa shape index (κ1) is 16.3. The first-order valence-corrected chi connectivity index (χ1v) is 8.92. The fourth-order valence-corrected chi connectivity index (χ4v) is 3.86. The van der Waals surface area contributed by atoms with E-state index >= 15 is 0 Å². The average molecular weight is 342 g/mol. The molecule has 24 heavy (non-hydrogen) atoms. The third kappa shape index (κ3) is 2.92. The topological polar surface area (TPSA) is 63.4 Å². The fourth-order valence-electron chi connectivity index (χ4n) is 2.52. The molecule has 3 rings (SSSR count). The van der Waals surface area contributed by atoms with E-state index in [0.29, 0.717) is 10.8 Å². The smallest absolute Gasteiger partial charge is 0.220 e. The summed E-state index contributed by atoms with van der Waals surface area (Å²) in [5.74, 6) is 0.590. The van der Waals surface area contributed by atoms with Crippen molar-refractivity contribution in [1.29, 1.82) is 0 Å². The molecule has 0 aliphatic carbocycles. The lowest BCUT2D eigenvalue weighted by Crippen LogP contribution is -2.11. The lowest BCUT2D eigenvalue weighted by Gasteiger charge is -2.18. The summed E-state index contributed by atoms with van der Waals surface area (Å²) in [4.78, 5) is 6.29. The molecule has 6 heteroatoms. The summed E-state index contributed by atoms with van der Waals surface area (Å²) in [7, 11) is -1.68. The van der Waals surface area contributed by atoms with Gasteiger partial charge in [-0.15, -0.1) is 0 Å². The minimum atomic E-state index is -3.53. The zero-order valence-electron chi connectivity index (χ0n) is 13.7. The zero-order valence-corrected chi connectivity index (χ0v) is 14.5. The lowest BCUT2D eigenvalue weighted by atomic mass is 10.2. The highest BCUT2D eigenvalue weighted by Gasteiger charge is 2.19. The Hall–Kier alpha value is -2.60. The SMILES string of the molecule is Cc1ccc(S(=O)(=O)c2ccc(N(C)c3cnco3)c(C)c2)cc1. The van der Waals surface area contributed by atoms with Crippen LogP contribution in [0.3, 0.4) is 0 Å². The number of benzene rings is 2. The summed E-state index contributed by atoms with van der Waals surface area (Å²) in [6.45, 7) is 3.80. The predicted molar refractivity (Wildman–Crippen MR) is 92.4 cm³/mol. The molecule has 0 N–H and O–H groups in total. The Morgan fingerprint density at radius 3 is 2.25 bits per heavy atom. The van der Waals surface area contributed by atoms with E-state index in [1.54, 1.807) is 48.7 Å². The maximum Gasteiger partial charge on any atom is 0.220 e. The molecule has 0 saturated carbocycles. The second kappa shape index (κ2) is 6.13. The van der Waals surface area contributed by atoms with Crippen molar-refractivity contribution in [3.05, 3.63) is 66.2 Å². The minimum absolute atomic E-state index is 0.276. The molecule has 0 aliphatic rings. The summed E-state index contributed by atoms with van der Waals surface area (Å²) in [6.07, 6.45) is 2.97. The van der Waals surface area contributed by atoms with E-state index in [2.05, 4.69) is 4.98 Å². The molecule has 0 spiro atoms. The van der Waals surface area contributed by atoms with E-state index in [-0.39, 0.29) is 4.90 Å². The molecule has 3 aromatic rings. The first-order valence-electron chi connectivity index (χ1n) is 7.44. The maximum absolute atomic E-state index is 12.8. The average Bonchev–Trinajstić information content (AvgIpc) is 3.09. The quantitative estimate of drug-likeness (QED) is 0.720. The van der Waals surface area contributed by atoms with Gasteiger partial charge in [0, 0.05) is 12.7 Å². The van der Waals surface area contributed by atoms with Gasteiger partial charge in [0.1, 0.15) is 0 Å². The summed E-state index contributed by atoms with van der Waals surface area (Å²) in [5, 5.41) is 0. The van der Waals surface area contributed by atoms with Gasteiger partial charge in [0.05, 0.1) is 16.0 Å². The summed E-state index contributed by atoms with van der Waals surface area (Å²) in [5.41, 5.74) is 2.71. The summed E-state index contributed by atoms with van der Waals surface area (Å²) in [6, 6.07) is 11.9. The van der Waals surface area contributed by atoms with Gasteiger partial charge in [0.15, 0.2) is 6.39 Å². The van der Waals surface area contributed by atoms with Gasteiger partial charge in [-0.2, -0.15) is 0 Å². The third-order valence-electron chi connectivity index (χ3n) is 3.92. The minimum Gasteiger partial charge on any atom is -0.428 e. The van der Waals surface area contributed by atoms with Crippen LogP contribution in [0.25, 0.3) is 0 Å². The van der Waals surface area contributed by atoms with Crippen molar-refractivity contribution in [3.63, 3.8) is 0 Å². The number of aryl methyl sites for hydroxylation is 2. The summed E-state index contributed by atoms with van der Waals surface area (Å²) >= 11 is 0. The number of hydrogen-bond donors (Lipinski definition) is 0. The molecular weight excluding hydrogens is 324 g/mol. The van der Waals surface area contributed by atoms with Gasteiger partial charge in [-0.1, -0.05) is 17.7 Å². The molecule has 124 valence electrons. The van der Waals surface area contributed by atoms with E-state index < -0.39 is 9.84 Å². The van der Waals surface area contributed by atoms with Crippen LogP contribution in [0.5, 0.6) is 0 Å². The van der Waals surface area contributed by atoms with Crippen LogP contribution in [0, 0.1) is 13.8 Å². The second-order valence-electron chi connectivity index (χ2n) is 5.66. The van der Waals surface area contributed by atoms with Crippen LogP contribution in [0.15, 0.2) is 69.3 Å². The molecule has 0 amide bonds. The van der Waals surface area contributed by atoms with Gasteiger partial charge in [0.25, 0.3) is 0 Å². The molecular formula is C18H18N2O3S. The Morgan fingerprint density at radius 1 is 1.00 bits per heavy atom. The highest BCUT2D eigenvalue weighted by atomic mass is 32.2. The number of oxazole rings is 1. The van der Waals surface area contributed by atoms with Gasteiger partial charge < -0.3 is 9.32 Å². The van der Waals surface area contributed by atoms with Crippen molar-refractivity contribution in [1.82, 2.24) is 4.98 Å². The van der Waals surface area contributed by atoms with Crippen LogP contribution < -0.4 is 4.90 Å². The van der Waals surface area contributed by atoms with Crippen LogP contribution in [-0.2, 0) is 9.84 Å². The van der Waals surface area contributed by atoms with Crippen LogP contribution in [-0.4, -0.2) is 20.4 Å². The van der Waals surface area contributed by atoms with E-state index in [9.17, 15) is 8.42 Å². The highest BCUT2D eigenvalue weighted by Crippen LogP contribution is 2.30. The Morgan fingerprint density at radius 2 is 1.67 bits per heavy atom. The molecule has 0 aliphatic heterocycles. The molecule has 1 heterocycles. The summed E-state index contributed by atoms with van der Waals surface area (Å²) < 4.78 is 30.8. The van der Waals surface area contributed by atoms with Crippen molar-refractivity contribution in [2.24, 2.45) is 0 Å². The number of aromatic nitrogens is 1. The van der Waals surface area contributed by atoms with Crippen molar-refractivity contribution < 1.29 is 12.8 Å². The van der Waals surface area contributed by atoms with Crippen molar-refractivity contribution >= 4 is 21.4 Å². The van der Waals surface area contributed by atoms with E-state index in [4.69, 9.17) is 4.42 Å². The first-order chi connectivity index (χ1) is 11.4. The predicted octanol–water partition coefficient (Wildman–Crippen LogP) is 3.89. The molecule has 0 fully saturated rings. The lowest BCUT2D eigenvalue weighted by molar-refractivity contribution is 0.560. The largest absolute Gasteiger partial charge is 0.428 e. The Labute approximate surface area is 141 Å². The van der Waals surface area contributed by atoms with E-state index in [1.165, 1.54) is 6.39 Å². The molecule has 0 atom stereocenters. The number of anilines is 2. The van der Waals surface area contributed by atoms with Gasteiger partial charge in [-0.3, -0.25) is 0 Å². The van der Waals surface area contributed by atoms with Crippen LogP contribution in [0.1, 0.15) is 11.1 Å². The van der Waals surface area contributed by atoms with Crippen LogP contribution in [0.2, 0.25) is 0 Å². The third-order valence-corrected chi connectivity index (χ3v) is 5.69. The molecule has 1 aromatic heterocycles. The van der Waals surface area contributed by atoms with Crippen molar-refractivity contribution in [2.75, 3.05) is 11.9 Å².